The van der Waals surface area contributed by atoms with Crippen molar-refractivity contribution in [2.24, 2.45) is 5.41 Å². The van der Waals surface area contributed by atoms with Crippen molar-refractivity contribution in [2.75, 3.05) is 43.7 Å². The third-order valence-corrected chi connectivity index (χ3v) is 9.07. The van der Waals surface area contributed by atoms with Crippen molar-refractivity contribution in [3.05, 3.63) is 0 Å². The molecule has 2 N–H and O–H groups in total. The van der Waals surface area contributed by atoms with Crippen LogP contribution in [0.25, 0.3) is 0 Å². The molecule has 0 amide bonds. The van der Waals surface area contributed by atoms with Gasteiger partial charge in [-0.3, -0.25) is 0 Å². The van der Waals surface area contributed by atoms with Crippen LogP contribution in [0.5, 0.6) is 0 Å². The van der Waals surface area contributed by atoms with Gasteiger partial charge in [0.2, 0.25) is 0 Å². The van der Waals surface area contributed by atoms with Gasteiger partial charge in [-0.25, -0.2) is 0 Å². The molecule has 0 aromatic carbocycles. The van der Waals surface area contributed by atoms with E-state index in [1.807, 2.05) is 0 Å². The SMILES string of the molecule is CCCC[O][Sb]([O]CCCC)[O]CCCC.OCC(CO)(CBr)CBr. The molecule has 0 aliphatic rings. The molecule has 0 aliphatic carbocycles. The van der Waals surface area contributed by atoms with Gasteiger partial charge < -0.3 is 10.2 Å². The smallest absolute Gasteiger partial charge is 0.0525 e. The molecule has 0 aromatic rings. The predicted molar refractivity (Wildman–Crippen MR) is 113 cm³/mol. The molecule has 0 saturated carbocycles. The first-order valence-electron chi connectivity index (χ1n) is 9.12. The molecule has 0 spiro atoms. The molecule has 8 heteroatoms. The van der Waals surface area contributed by atoms with E-state index in [1.165, 1.54) is 0 Å². The molecule has 25 heavy (non-hydrogen) atoms. The monoisotopic (exact) mass is 600 g/mol. The minimum atomic E-state index is -2.27. The van der Waals surface area contributed by atoms with Crippen molar-refractivity contribution in [2.45, 2.75) is 59.3 Å². The van der Waals surface area contributed by atoms with Gasteiger partial charge in [0, 0.05) is 16.1 Å². The van der Waals surface area contributed by atoms with Gasteiger partial charge in [-0.05, 0) is 0 Å². The van der Waals surface area contributed by atoms with E-state index < -0.39 is 21.5 Å². The average Bonchev–Trinajstić information content (AvgIpc) is 2.65. The van der Waals surface area contributed by atoms with Crippen LogP contribution < -0.4 is 0 Å². The predicted octanol–water partition coefficient (Wildman–Crippen LogP) is 4.17. The van der Waals surface area contributed by atoms with Gasteiger partial charge in [-0.1, -0.05) is 31.9 Å². The first kappa shape index (κ1) is 28.8. The van der Waals surface area contributed by atoms with Crippen LogP contribution in [0.3, 0.4) is 0 Å². The fraction of sp³-hybridized carbons (Fsp3) is 1.00. The number of alkyl halides is 2. The summed E-state index contributed by atoms with van der Waals surface area (Å²) in [6, 6.07) is 0. The summed E-state index contributed by atoms with van der Waals surface area (Å²) < 4.78 is 17.1. The summed E-state index contributed by atoms with van der Waals surface area (Å²) in [4.78, 5) is 0. The quantitative estimate of drug-likeness (QED) is 0.158. The van der Waals surface area contributed by atoms with Gasteiger partial charge in [0.25, 0.3) is 0 Å². The maximum absolute atomic E-state index is 8.76. The van der Waals surface area contributed by atoms with Crippen molar-refractivity contribution in [1.82, 2.24) is 0 Å². The van der Waals surface area contributed by atoms with E-state index in [-0.39, 0.29) is 18.6 Å². The second-order valence-electron chi connectivity index (χ2n) is 5.87. The molecule has 0 radical (unpaired) electrons. The second-order valence-corrected chi connectivity index (χ2v) is 10.5. The number of rotatable bonds is 16. The van der Waals surface area contributed by atoms with Gasteiger partial charge in [-0.15, -0.1) is 0 Å². The molecule has 0 atom stereocenters. The number of unbranched alkanes of at least 4 members (excludes halogenated alkanes) is 3. The van der Waals surface area contributed by atoms with Crippen LogP contribution in [0.15, 0.2) is 0 Å². The Morgan fingerprint density at radius 1 is 0.720 bits per heavy atom. The van der Waals surface area contributed by atoms with Crippen LogP contribution in [0.1, 0.15) is 59.3 Å². The van der Waals surface area contributed by atoms with Crippen LogP contribution in [0.2, 0.25) is 0 Å². The second kappa shape index (κ2) is 21.9. The Labute approximate surface area is 180 Å². The minimum absolute atomic E-state index is 0. The molecule has 0 unspecified atom stereocenters. The van der Waals surface area contributed by atoms with E-state index in [4.69, 9.17) is 19.3 Å². The van der Waals surface area contributed by atoms with Gasteiger partial charge in [0.1, 0.15) is 0 Å². The fourth-order valence-electron chi connectivity index (χ4n) is 1.22. The van der Waals surface area contributed by atoms with Crippen molar-refractivity contribution in [1.29, 1.82) is 0 Å². The molecule has 0 aliphatic heterocycles. The Morgan fingerprint density at radius 3 is 1.20 bits per heavy atom. The van der Waals surface area contributed by atoms with Gasteiger partial charge in [0.05, 0.1) is 13.2 Å². The zero-order chi connectivity index (χ0) is 19.4. The van der Waals surface area contributed by atoms with Gasteiger partial charge >= 0.3 is 110 Å². The van der Waals surface area contributed by atoms with Crippen LogP contribution >= 0.6 is 31.9 Å². The standard InChI is InChI=1S/C5H10Br2O2.3C4H9O.Sb/c6-1-5(2-7,3-8)4-9;3*1-2-3-4-5;/h8-9H,1-4H2;3*2-4H2,1H3;/q;3*-1;+3. The van der Waals surface area contributed by atoms with Crippen LogP contribution in [-0.2, 0) is 9.05 Å². The van der Waals surface area contributed by atoms with Crippen LogP contribution in [0.4, 0.5) is 0 Å². The number of hydrogen-bond acceptors (Lipinski definition) is 5. The third-order valence-electron chi connectivity index (χ3n) is 3.32. The van der Waals surface area contributed by atoms with Crippen LogP contribution in [-0.4, -0.2) is 75.4 Å². The maximum Gasteiger partial charge on any atom is 0.0525 e. The van der Waals surface area contributed by atoms with Crippen LogP contribution in [0, 0.1) is 5.41 Å². The molecule has 5 nitrogen and oxygen atoms in total. The summed E-state index contributed by atoms with van der Waals surface area (Å²) in [5.74, 6) is 0. The molecular weight excluding hydrogens is 566 g/mol. The Balaban J connectivity index is 0. The Morgan fingerprint density at radius 2 is 1.04 bits per heavy atom. The Bertz CT molecular complexity index is 218. The van der Waals surface area contributed by atoms with Crippen molar-refractivity contribution in [3.63, 3.8) is 0 Å². The summed E-state index contributed by atoms with van der Waals surface area (Å²) >= 11 is 4.14. The zero-order valence-corrected chi connectivity index (χ0v) is 21.7. The largest absolute Gasteiger partial charge is 0.396 e. The molecule has 0 aromatic heterocycles. The normalized spacial score (nSPS) is 11.5. The number of halogens is 2. The zero-order valence-electron chi connectivity index (χ0n) is 16.0. The molecule has 0 rings (SSSR count). The number of hydrogen-bond donors (Lipinski definition) is 2. The summed E-state index contributed by atoms with van der Waals surface area (Å²) in [7, 11) is 0. The number of aliphatic hydroxyl groups excluding tert-OH is 2. The molecule has 0 heterocycles. The topological polar surface area (TPSA) is 68.2 Å². The average molecular weight is 603 g/mol. The van der Waals surface area contributed by atoms with Crippen molar-refractivity contribution >= 4 is 53.3 Å². The molecular formula is C17H37Br2O5Sb. The van der Waals surface area contributed by atoms with E-state index in [9.17, 15) is 0 Å². The van der Waals surface area contributed by atoms with Crippen molar-refractivity contribution < 1.29 is 19.3 Å². The summed E-state index contributed by atoms with van der Waals surface area (Å²) in [6.07, 6.45) is 6.81. The molecule has 0 bridgehead atoms. The Hall–Kier alpha value is 1.58. The summed E-state index contributed by atoms with van der Waals surface area (Å²) in [5, 5.41) is 18.7. The van der Waals surface area contributed by atoms with E-state index in [0.29, 0.717) is 10.7 Å². The van der Waals surface area contributed by atoms with E-state index in [0.717, 1.165) is 58.3 Å². The Kier molecular flexibility index (Phi) is 25.2. The third kappa shape index (κ3) is 17.4. The number of aliphatic hydroxyl groups is 2. The van der Waals surface area contributed by atoms with E-state index in [1.54, 1.807) is 0 Å². The summed E-state index contributed by atoms with van der Waals surface area (Å²) in [5.41, 5.74) is -0.389. The molecule has 0 fully saturated rings. The van der Waals surface area contributed by atoms with Crippen molar-refractivity contribution in [3.8, 4) is 0 Å². The minimum Gasteiger partial charge on any atom is -0.396 e. The van der Waals surface area contributed by atoms with Gasteiger partial charge in [-0.2, -0.15) is 0 Å². The maximum atomic E-state index is 8.76. The fourth-order valence-corrected chi connectivity index (χ4v) is 5.87. The van der Waals surface area contributed by atoms with E-state index >= 15 is 0 Å². The first-order valence-corrected chi connectivity index (χ1v) is 14.5. The molecule has 154 valence electrons. The first-order chi connectivity index (χ1) is 12.1. The molecule has 0 saturated heterocycles. The summed E-state index contributed by atoms with van der Waals surface area (Å²) in [6.45, 7) is 8.91. The van der Waals surface area contributed by atoms with Gasteiger partial charge in [0.15, 0.2) is 0 Å². The van der Waals surface area contributed by atoms with E-state index in [2.05, 4.69) is 52.6 Å².